The molecule has 1 N–H and O–H groups in total. The Morgan fingerprint density at radius 2 is 1.21 bits per heavy atom. The first kappa shape index (κ1) is 28.7. The number of aromatic nitrogens is 3. The number of hydrogen-bond donors (Lipinski definition) is 1. The van der Waals surface area contributed by atoms with Gasteiger partial charge in [-0.3, -0.25) is 10.1 Å². The van der Waals surface area contributed by atoms with Gasteiger partial charge in [-0.15, -0.1) is 0 Å². The Morgan fingerprint density at radius 3 is 1.85 bits per heavy atom. The minimum absolute atomic E-state index is 0.721. The fourth-order valence-corrected chi connectivity index (χ4v) is 4.86. The number of rotatable bonds is 18. The number of nitrogens with one attached hydrogen (secondary N) is 1. The molecule has 0 amide bonds. The second-order valence-corrected chi connectivity index (χ2v) is 10.5. The third-order valence-electron chi connectivity index (χ3n) is 7.19. The molecule has 2 aromatic heterocycles. The minimum atomic E-state index is 0.721. The fraction of sp³-hybridized carbons (Fsp3) is 0.471. The molecule has 208 valence electrons. The van der Waals surface area contributed by atoms with E-state index in [1.165, 1.54) is 64.2 Å². The number of fused-ring (bicyclic) bond motifs is 1. The van der Waals surface area contributed by atoms with Crippen LogP contribution in [0, 0.1) is 0 Å². The van der Waals surface area contributed by atoms with Crippen LogP contribution in [0.3, 0.4) is 0 Å². The lowest BCUT2D eigenvalue weighted by molar-refractivity contribution is 0.290. The Balaban J connectivity index is 1.43. The van der Waals surface area contributed by atoms with Crippen molar-refractivity contribution in [2.24, 2.45) is 0 Å². The van der Waals surface area contributed by atoms with Gasteiger partial charge >= 0.3 is 0 Å². The molecule has 0 saturated heterocycles. The summed E-state index contributed by atoms with van der Waals surface area (Å²) in [4.78, 5) is 4.65. The van der Waals surface area contributed by atoms with E-state index >= 15 is 0 Å². The van der Waals surface area contributed by atoms with Gasteiger partial charge in [-0.2, -0.15) is 5.10 Å². The molecule has 5 heteroatoms. The molecule has 2 heterocycles. The van der Waals surface area contributed by atoms with Gasteiger partial charge in [0, 0.05) is 23.2 Å². The maximum absolute atomic E-state index is 6.20. The zero-order chi connectivity index (χ0) is 27.1. The number of hydrogen-bond acceptors (Lipinski definition) is 4. The second-order valence-electron chi connectivity index (χ2n) is 10.5. The predicted octanol–water partition coefficient (Wildman–Crippen LogP) is 9.77. The molecule has 0 aliphatic rings. The van der Waals surface area contributed by atoms with Crippen molar-refractivity contribution < 1.29 is 9.47 Å². The van der Waals surface area contributed by atoms with Crippen LogP contribution in [0.2, 0.25) is 0 Å². The number of H-pyrrole nitrogens is 1. The quantitative estimate of drug-likeness (QED) is 0.131. The van der Waals surface area contributed by atoms with E-state index in [0.717, 1.165) is 71.0 Å². The zero-order valence-electron chi connectivity index (χ0n) is 23.9. The summed E-state index contributed by atoms with van der Waals surface area (Å²) in [5.41, 5.74) is 3.61. The highest BCUT2D eigenvalue weighted by molar-refractivity contribution is 5.85. The van der Waals surface area contributed by atoms with E-state index in [-0.39, 0.29) is 0 Å². The van der Waals surface area contributed by atoms with Gasteiger partial charge < -0.3 is 9.47 Å². The Hall–Kier alpha value is -3.34. The van der Waals surface area contributed by atoms with Crippen LogP contribution >= 0.6 is 0 Å². The predicted molar refractivity (Wildman–Crippen MR) is 163 cm³/mol. The summed E-state index contributed by atoms with van der Waals surface area (Å²) in [5.74, 6) is 1.68. The van der Waals surface area contributed by atoms with E-state index in [1.807, 2.05) is 24.4 Å². The summed E-state index contributed by atoms with van der Waals surface area (Å²) in [6.07, 6.45) is 16.9. The van der Waals surface area contributed by atoms with Crippen molar-refractivity contribution in [3.8, 4) is 34.1 Å². The maximum atomic E-state index is 6.20. The van der Waals surface area contributed by atoms with Crippen LogP contribution in [-0.4, -0.2) is 28.4 Å². The average molecular weight is 528 g/mol. The normalized spacial score (nSPS) is 11.2. The average Bonchev–Trinajstić information content (AvgIpc) is 3.47. The van der Waals surface area contributed by atoms with Gasteiger partial charge in [0.25, 0.3) is 0 Å². The first-order valence-corrected chi connectivity index (χ1v) is 15.1. The molecule has 0 radical (unpaired) electrons. The lowest BCUT2D eigenvalue weighted by Gasteiger charge is -2.12. The standard InChI is InChI=1S/C34H45N3O2/c1-3-5-7-9-11-15-19-38-30-21-29(22-31(24-30)39-20-16-12-10-8-6-4-2)32-25-34(37-36-32)33-23-27-17-13-14-18-28(27)26-35-33/h13-14,17-18,21-26H,3-12,15-16,19-20H2,1-2H3,(H,36,37). The molecule has 0 bridgehead atoms. The van der Waals surface area contributed by atoms with Gasteiger partial charge in [0.2, 0.25) is 0 Å². The van der Waals surface area contributed by atoms with Gasteiger partial charge in [-0.05, 0) is 42.5 Å². The van der Waals surface area contributed by atoms with Crippen molar-refractivity contribution in [1.29, 1.82) is 0 Å². The molecule has 5 nitrogen and oxygen atoms in total. The summed E-state index contributed by atoms with van der Waals surface area (Å²) in [7, 11) is 0. The second kappa shape index (κ2) is 15.9. The fourth-order valence-electron chi connectivity index (χ4n) is 4.86. The monoisotopic (exact) mass is 527 g/mol. The third-order valence-corrected chi connectivity index (χ3v) is 7.19. The molecule has 0 aliphatic heterocycles. The summed E-state index contributed by atoms with van der Waals surface area (Å²) >= 11 is 0. The Kier molecular flexibility index (Phi) is 11.7. The first-order chi connectivity index (χ1) is 19.3. The summed E-state index contributed by atoms with van der Waals surface area (Å²) < 4.78 is 12.4. The summed E-state index contributed by atoms with van der Waals surface area (Å²) in [6, 6.07) is 18.6. The van der Waals surface area contributed by atoms with Crippen molar-refractivity contribution in [1.82, 2.24) is 15.2 Å². The SMILES string of the molecule is CCCCCCCCOc1cc(OCCCCCCCC)cc(-c2cc(-c3cc4ccccc4cn3)[nH]n2)c1. The Bertz CT molecular complexity index is 1230. The van der Waals surface area contributed by atoms with E-state index in [2.05, 4.69) is 65.4 Å². The van der Waals surface area contributed by atoms with Crippen LogP contribution in [-0.2, 0) is 0 Å². The van der Waals surface area contributed by atoms with Crippen LogP contribution in [0.25, 0.3) is 33.4 Å². The third kappa shape index (κ3) is 9.12. The van der Waals surface area contributed by atoms with Gasteiger partial charge in [-0.25, -0.2) is 0 Å². The van der Waals surface area contributed by atoms with Crippen LogP contribution in [0.4, 0.5) is 0 Å². The Labute approximate surface area is 234 Å². The molecule has 2 aromatic carbocycles. The highest BCUT2D eigenvalue weighted by Crippen LogP contribution is 2.31. The number of pyridine rings is 1. The lowest BCUT2D eigenvalue weighted by Crippen LogP contribution is -2.01. The molecule has 0 atom stereocenters. The molecule has 0 aliphatic carbocycles. The number of ether oxygens (including phenoxy) is 2. The number of aromatic amines is 1. The van der Waals surface area contributed by atoms with Crippen LogP contribution < -0.4 is 9.47 Å². The molecule has 4 rings (SSSR count). The van der Waals surface area contributed by atoms with Crippen molar-refractivity contribution in [3.63, 3.8) is 0 Å². The van der Waals surface area contributed by atoms with Crippen LogP contribution in [0.15, 0.2) is 60.8 Å². The van der Waals surface area contributed by atoms with E-state index in [9.17, 15) is 0 Å². The molecule has 39 heavy (non-hydrogen) atoms. The molecule has 0 unspecified atom stereocenters. The Morgan fingerprint density at radius 1 is 0.615 bits per heavy atom. The number of nitrogens with zero attached hydrogens (tertiary/aromatic N) is 2. The van der Waals surface area contributed by atoms with Crippen LogP contribution in [0.1, 0.15) is 90.9 Å². The van der Waals surface area contributed by atoms with Crippen molar-refractivity contribution in [3.05, 3.63) is 60.8 Å². The smallest absolute Gasteiger partial charge is 0.123 e. The largest absolute Gasteiger partial charge is 0.493 e. The topological polar surface area (TPSA) is 60.0 Å². The number of benzene rings is 2. The zero-order valence-corrected chi connectivity index (χ0v) is 23.9. The molecular formula is C34H45N3O2. The first-order valence-electron chi connectivity index (χ1n) is 15.1. The van der Waals surface area contributed by atoms with E-state index in [0.29, 0.717) is 0 Å². The maximum Gasteiger partial charge on any atom is 0.123 e. The van der Waals surface area contributed by atoms with Gasteiger partial charge in [-0.1, -0.05) is 102 Å². The van der Waals surface area contributed by atoms with Gasteiger partial charge in [0.05, 0.1) is 30.3 Å². The van der Waals surface area contributed by atoms with Crippen molar-refractivity contribution in [2.45, 2.75) is 90.9 Å². The molecule has 4 aromatic rings. The molecule has 0 saturated carbocycles. The van der Waals surface area contributed by atoms with Gasteiger partial charge in [0.15, 0.2) is 0 Å². The van der Waals surface area contributed by atoms with E-state index < -0.39 is 0 Å². The highest BCUT2D eigenvalue weighted by Gasteiger charge is 2.11. The molecule has 0 fully saturated rings. The van der Waals surface area contributed by atoms with Crippen molar-refractivity contribution >= 4 is 10.8 Å². The molecular weight excluding hydrogens is 482 g/mol. The van der Waals surface area contributed by atoms with Crippen molar-refractivity contribution in [2.75, 3.05) is 13.2 Å². The molecule has 0 spiro atoms. The lowest BCUT2D eigenvalue weighted by atomic mass is 10.1. The van der Waals surface area contributed by atoms with E-state index in [1.54, 1.807) is 0 Å². The highest BCUT2D eigenvalue weighted by atomic mass is 16.5. The summed E-state index contributed by atoms with van der Waals surface area (Å²) in [6.45, 7) is 5.95. The summed E-state index contributed by atoms with van der Waals surface area (Å²) in [5, 5.41) is 10.1. The van der Waals surface area contributed by atoms with E-state index in [4.69, 9.17) is 9.47 Å². The van der Waals surface area contributed by atoms with Gasteiger partial charge in [0.1, 0.15) is 11.5 Å². The van der Waals surface area contributed by atoms with Crippen LogP contribution in [0.5, 0.6) is 11.5 Å². The minimum Gasteiger partial charge on any atom is -0.493 e. The number of unbranched alkanes of at least 4 members (excludes halogenated alkanes) is 10.